The van der Waals surface area contributed by atoms with Crippen LogP contribution in [0.2, 0.25) is 0 Å². The number of aromatic hydroxyl groups is 1. The van der Waals surface area contributed by atoms with Crippen molar-refractivity contribution in [2.45, 2.75) is 38.0 Å². The Kier molecular flexibility index (Phi) is 7.48. The van der Waals surface area contributed by atoms with Crippen LogP contribution in [-0.2, 0) is 24.6 Å². The van der Waals surface area contributed by atoms with Crippen LogP contribution in [-0.4, -0.2) is 33.4 Å². The lowest BCUT2D eigenvalue weighted by molar-refractivity contribution is -0.384. The summed E-state index contributed by atoms with van der Waals surface area (Å²) >= 11 is 0. The van der Waals surface area contributed by atoms with E-state index in [0.29, 0.717) is 27.8 Å². The number of hydrogen-bond donors (Lipinski definition) is 1. The molecule has 1 saturated heterocycles. The van der Waals surface area contributed by atoms with E-state index in [-0.39, 0.29) is 41.5 Å². The van der Waals surface area contributed by atoms with Gasteiger partial charge in [0.2, 0.25) is 11.8 Å². The highest BCUT2D eigenvalue weighted by Crippen LogP contribution is 2.64. The van der Waals surface area contributed by atoms with Crippen molar-refractivity contribution >= 4 is 40.3 Å². The number of non-ortho nitro benzene ring substituents is 1. The van der Waals surface area contributed by atoms with Gasteiger partial charge < -0.3 is 5.11 Å². The summed E-state index contributed by atoms with van der Waals surface area (Å²) in [5.74, 6) is -4.73. The van der Waals surface area contributed by atoms with Gasteiger partial charge in [0.05, 0.1) is 27.9 Å². The van der Waals surface area contributed by atoms with Crippen molar-refractivity contribution in [2.75, 3.05) is 4.90 Å². The number of hydrogen-bond acceptors (Lipinski definition) is 7. The first-order valence-corrected chi connectivity index (χ1v) is 17.1. The number of aryl methyl sites for hydroxylation is 2. The SMILES string of the molecule is Cc1cc(C2C3=CCC4C(=O)N(c5ccc([N+](=O)[O-])cc5)C(=O)C4C3CC3C(=O)C(c4ccccc4)=CC(=O)C32c2ccccc2)cc(C)c1O. The van der Waals surface area contributed by atoms with Crippen LogP contribution in [0.25, 0.3) is 5.57 Å². The van der Waals surface area contributed by atoms with Crippen molar-refractivity contribution in [2.24, 2.45) is 23.7 Å². The zero-order valence-electron chi connectivity index (χ0n) is 28.0. The molecule has 1 aliphatic heterocycles. The fourth-order valence-electron chi connectivity index (χ4n) is 9.38. The highest BCUT2D eigenvalue weighted by Gasteiger charge is 2.66. The third kappa shape index (κ3) is 4.67. The molecule has 51 heavy (non-hydrogen) atoms. The van der Waals surface area contributed by atoms with E-state index in [9.17, 15) is 24.8 Å². The fraction of sp³-hybridized carbons (Fsp3) is 0.238. The summed E-state index contributed by atoms with van der Waals surface area (Å²) in [6.07, 6.45) is 3.89. The Morgan fingerprint density at radius 2 is 1.45 bits per heavy atom. The van der Waals surface area contributed by atoms with Crippen molar-refractivity contribution < 1.29 is 29.2 Å². The minimum absolute atomic E-state index is 0.140. The molecule has 4 aromatic carbocycles. The van der Waals surface area contributed by atoms with E-state index >= 15 is 9.59 Å². The van der Waals surface area contributed by atoms with E-state index in [1.165, 1.54) is 30.3 Å². The van der Waals surface area contributed by atoms with Crippen LogP contribution in [0.15, 0.2) is 115 Å². The van der Waals surface area contributed by atoms with E-state index in [0.717, 1.165) is 16.0 Å². The van der Waals surface area contributed by atoms with Gasteiger partial charge in [0.1, 0.15) is 5.75 Å². The van der Waals surface area contributed by atoms with Crippen molar-refractivity contribution in [3.8, 4) is 5.75 Å². The molecule has 0 bridgehead atoms. The number of nitrogens with zero attached hydrogens (tertiary/aromatic N) is 2. The number of imide groups is 1. The molecule has 1 saturated carbocycles. The summed E-state index contributed by atoms with van der Waals surface area (Å²) in [7, 11) is 0. The molecule has 9 heteroatoms. The quantitative estimate of drug-likeness (QED) is 0.105. The maximum atomic E-state index is 15.1. The maximum Gasteiger partial charge on any atom is 0.269 e. The second-order valence-electron chi connectivity index (χ2n) is 14.1. The minimum atomic E-state index is -1.37. The highest BCUT2D eigenvalue weighted by molar-refractivity contribution is 6.32. The normalized spacial score (nSPS) is 26.9. The summed E-state index contributed by atoms with van der Waals surface area (Å²) in [6, 6.07) is 27.5. The average molecular weight is 679 g/mol. The molecule has 1 heterocycles. The zero-order chi connectivity index (χ0) is 35.8. The molecule has 2 fully saturated rings. The van der Waals surface area contributed by atoms with E-state index in [2.05, 4.69) is 0 Å². The Bertz CT molecular complexity index is 2200. The molecule has 4 aromatic rings. The maximum absolute atomic E-state index is 15.1. The number of nitro benzene ring substituents is 1. The number of ketones is 2. The number of carbonyl (C=O) groups is 4. The predicted octanol–water partition coefficient (Wildman–Crippen LogP) is 6.95. The van der Waals surface area contributed by atoms with E-state index in [1.807, 2.05) is 78.9 Å². The molecule has 6 atom stereocenters. The second kappa shape index (κ2) is 11.8. The van der Waals surface area contributed by atoms with Gasteiger partial charge in [0.25, 0.3) is 5.69 Å². The van der Waals surface area contributed by atoms with Crippen LogP contribution in [0.3, 0.4) is 0 Å². The van der Waals surface area contributed by atoms with Gasteiger partial charge in [-0.15, -0.1) is 0 Å². The Hall–Kier alpha value is -5.96. The van der Waals surface area contributed by atoms with Gasteiger partial charge in [-0.1, -0.05) is 84.4 Å². The molecule has 8 rings (SSSR count). The van der Waals surface area contributed by atoms with Crippen molar-refractivity contribution in [3.63, 3.8) is 0 Å². The number of anilines is 1. The molecule has 2 amide bonds. The number of nitro groups is 1. The number of Topliss-reactive ketones (excluding diaryl/α,β-unsaturated/α-hetero) is 1. The summed E-state index contributed by atoms with van der Waals surface area (Å²) in [6.45, 7) is 3.60. The Balaban J connectivity index is 1.35. The lowest BCUT2D eigenvalue weighted by atomic mass is 9.44. The van der Waals surface area contributed by atoms with Crippen molar-refractivity contribution in [1.82, 2.24) is 0 Å². The average Bonchev–Trinajstić information content (AvgIpc) is 3.40. The van der Waals surface area contributed by atoms with Gasteiger partial charge >= 0.3 is 0 Å². The lowest BCUT2D eigenvalue weighted by Gasteiger charge is -2.55. The Morgan fingerprint density at radius 1 is 0.824 bits per heavy atom. The first-order chi connectivity index (χ1) is 24.5. The van der Waals surface area contributed by atoms with Crippen molar-refractivity contribution in [1.29, 1.82) is 0 Å². The molecular formula is C42H34N2O7. The number of carbonyl (C=O) groups excluding carboxylic acids is 4. The minimum Gasteiger partial charge on any atom is -0.507 e. The molecule has 0 spiro atoms. The molecule has 0 aromatic heterocycles. The number of allylic oxidation sites excluding steroid dienone is 4. The summed E-state index contributed by atoms with van der Waals surface area (Å²) in [4.78, 5) is 70.6. The third-order valence-electron chi connectivity index (χ3n) is 11.5. The van der Waals surface area contributed by atoms with Crippen LogP contribution in [0.1, 0.15) is 46.6 Å². The number of rotatable bonds is 5. The van der Waals surface area contributed by atoms with Crippen molar-refractivity contribution in [3.05, 3.63) is 153 Å². The first kappa shape index (κ1) is 32.3. The smallest absolute Gasteiger partial charge is 0.269 e. The molecule has 3 aliphatic carbocycles. The van der Waals surface area contributed by atoms with E-state index in [1.54, 1.807) is 13.8 Å². The molecule has 0 radical (unpaired) electrons. The second-order valence-corrected chi connectivity index (χ2v) is 14.1. The largest absolute Gasteiger partial charge is 0.507 e. The monoisotopic (exact) mass is 678 g/mol. The van der Waals surface area contributed by atoms with E-state index < -0.39 is 51.7 Å². The van der Waals surface area contributed by atoms with Crippen LogP contribution < -0.4 is 4.90 Å². The van der Waals surface area contributed by atoms with Gasteiger partial charge in [-0.25, -0.2) is 0 Å². The Morgan fingerprint density at radius 3 is 2.08 bits per heavy atom. The van der Waals surface area contributed by atoms with Crippen LogP contribution >= 0.6 is 0 Å². The summed E-state index contributed by atoms with van der Waals surface area (Å²) < 4.78 is 0. The molecule has 6 unspecified atom stereocenters. The topological polar surface area (TPSA) is 135 Å². The number of fused-ring (bicyclic) bond motifs is 4. The van der Waals surface area contributed by atoms with Gasteiger partial charge in [-0.3, -0.25) is 34.2 Å². The predicted molar refractivity (Wildman–Crippen MR) is 190 cm³/mol. The van der Waals surface area contributed by atoms with Gasteiger partial charge in [-0.2, -0.15) is 0 Å². The Labute approximate surface area is 294 Å². The lowest BCUT2D eigenvalue weighted by Crippen LogP contribution is -2.58. The first-order valence-electron chi connectivity index (χ1n) is 17.1. The zero-order valence-corrected chi connectivity index (χ0v) is 28.0. The van der Waals surface area contributed by atoms with Crippen LogP contribution in [0, 0.1) is 47.6 Å². The molecule has 9 nitrogen and oxygen atoms in total. The van der Waals surface area contributed by atoms with Crippen LogP contribution in [0.4, 0.5) is 11.4 Å². The van der Waals surface area contributed by atoms with Crippen LogP contribution in [0.5, 0.6) is 5.75 Å². The number of phenolic OH excluding ortho intramolecular Hbond substituents is 1. The third-order valence-corrected chi connectivity index (χ3v) is 11.5. The highest BCUT2D eigenvalue weighted by atomic mass is 16.6. The molecule has 4 aliphatic rings. The standard InChI is InChI=1S/C42H34N2O7/c1-23-19-26(20-24(2)38(23)46)37-30-17-18-31-36(41(49)43(40(31)48)28-13-15-29(16-14-28)44(50)51)33(30)21-34-39(47)32(25-9-5-3-6-10-25)22-35(45)42(34,37)27-11-7-4-8-12-27/h3-17,19-20,22,31,33-34,36-37,46H,18,21H2,1-2H3. The molecule has 1 N–H and O–H groups in total. The van der Waals surface area contributed by atoms with Gasteiger partial charge in [0, 0.05) is 29.5 Å². The summed E-state index contributed by atoms with van der Waals surface area (Å²) in [5, 5.41) is 22.2. The van der Waals surface area contributed by atoms with E-state index in [4.69, 9.17) is 0 Å². The van der Waals surface area contributed by atoms with Gasteiger partial charge in [0.15, 0.2) is 11.6 Å². The molecular weight excluding hydrogens is 644 g/mol. The number of amides is 2. The number of benzene rings is 4. The molecule has 254 valence electrons. The number of phenols is 1. The van der Waals surface area contributed by atoms with Gasteiger partial charge in [-0.05, 0) is 78.6 Å². The summed E-state index contributed by atoms with van der Waals surface area (Å²) in [5.41, 5.74) is 3.16. The fourth-order valence-corrected chi connectivity index (χ4v) is 9.38.